The molecule has 2 unspecified atom stereocenters. The van der Waals surface area contributed by atoms with Gasteiger partial charge in [-0.2, -0.15) is 13.2 Å². The van der Waals surface area contributed by atoms with Gasteiger partial charge in [0.05, 0.1) is 22.8 Å². The second kappa shape index (κ2) is 6.68. The second-order valence-electron chi connectivity index (χ2n) is 7.68. The van der Waals surface area contributed by atoms with Crippen LogP contribution in [0.4, 0.5) is 13.2 Å². The molecule has 0 saturated heterocycles. The van der Waals surface area contributed by atoms with Crippen LogP contribution in [0.25, 0.3) is 0 Å². The van der Waals surface area contributed by atoms with E-state index < -0.39 is 11.7 Å². The SMILES string of the molecule is CC(C)(C)c1nc(CNC(=O)C2CC2c2cccc(C(F)(F)F)c2)cs1. The molecule has 0 aliphatic heterocycles. The maximum Gasteiger partial charge on any atom is 0.416 e. The number of hydrogen-bond donors (Lipinski definition) is 1. The van der Waals surface area contributed by atoms with Gasteiger partial charge in [0.2, 0.25) is 5.91 Å². The smallest absolute Gasteiger partial charge is 0.350 e. The first kappa shape index (κ1) is 18.9. The lowest BCUT2D eigenvalue weighted by Gasteiger charge is -2.13. The van der Waals surface area contributed by atoms with Crippen molar-refractivity contribution in [1.82, 2.24) is 10.3 Å². The van der Waals surface area contributed by atoms with Gasteiger partial charge in [0.15, 0.2) is 0 Å². The molecule has 1 aromatic carbocycles. The van der Waals surface area contributed by atoms with Crippen molar-refractivity contribution in [2.75, 3.05) is 0 Å². The summed E-state index contributed by atoms with van der Waals surface area (Å²) in [6.45, 7) is 6.59. The summed E-state index contributed by atoms with van der Waals surface area (Å²) in [5.41, 5.74) is 0.685. The zero-order valence-corrected chi connectivity index (χ0v) is 15.7. The first-order valence-electron chi connectivity index (χ1n) is 8.45. The summed E-state index contributed by atoms with van der Waals surface area (Å²) in [4.78, 5) is 16.8. The van der Waals surface area contributed by atoms with Crippen molar-refractivity contribution in [3.05, 3.63) is 51.5 Å². The van der Waals surface area contributed by atoms with Crippen LogP contribution in [0.5, 0.6) is 0 Å². The molecule has 1 aliphatic rings. The normalized spacial score (nSPS) is 20.1. The maximum absolute atomic E-state index is 12.8. The average Bonchev–Trinajstić information content (AvgIpc) is 3.20. The van der Waals surface area contributed by atoms with Crippen LogP contribution in [0.1, 0.15) is 54.9 Å². The molecule has 1 saturated carbocycles. The molecular formula is C19H21F3N2OS. The molecule has 0 radical (unpaired) electrons. The molecule has 26 heavy (non-hydrogen) atoms. The van der Waals surface area contributed by atoms with E-state index in [9.17, 15) is 18.0 Å². The number of benzene rings is 1. The number of nitrogens with one attached hydrogen (secondary N) is 1. The number of alkyl halides is 3. The topological polar surface area (TPSA) is 42.0 Å². The average molecular weight is 382 g/mol. The zero-order valence-electron chi connectivity index (χ0n) is 14.9. The molecular weight excluding hydrogens is 361 g/mol. The monoisotopic (exact) mass is 382 g/mol. The number of thiazole rings is 1. The van der Waals surface area contributed by atoms with E-state index in [1.165, 1.54) is 6.07 Å². The predicted octanol–water partition coefficient (Wildman–Crippen LogP) is 4.88. The Morgan fingerprint density at radius 1 is 1.31 bits per heavy atom. The quantitative estimate of drug-likeness (QED) is 0.819. The molecule has 1 fully saturated rings. The summed E-state index contributed by atoms with van der Waals surface area (Å²) >= 11 is 1.56. The Kier molecular flexibility index (Phi) is 4.86. The number of rotatable bonds is 4. The van der Waals surface area contributed by atoms with Gasteiger partial charge in [0, 0.05) is 16.7 Å². The van der Waals surface area contributed by atoms with E-state index in [4.69, 9.17) is 0 Å². The summed E-state index contributed by atoms with van der Waals surface area (Å²) < 4.78 is 38.4. The van der Waals surface area contributed by atoms with Crippen molar-refractivity contribution < 1.29 is 18.0 Å². The fourth-order valence-corrected chi connectivity index (χ4v) is 3.75. The third-order valence-corrected chi connectivity index (χ3v) is 5.72. The minimum Gasteiger partial charge on any atom is -0.350 e. The summed E-state index contributed by atoms with van der Waals surface area (Å²) in [6, 6.07) is 5.25. The Labute approximate surface area is 154 Å². The maximum atomic E-state index is 12.8. The summed E-state index contributed by atoms with van der Waals surface area (Å²) in [5.74, 6) is -0.533. The summed E-state index contributed by atoms with van der Waals surface area (Å²) in [7, 11) is 0. The van der Waals surface area contributed by atoms with Crippen LogP contribution in [0.15, 0.2) is 29.6 Å². The third-order valence-electron chi connectivity index (χ3n) is 4.41. The number of carbonyl (C=O) groups excluding carboxylic acids is 1. The van der Waals surface area contributed by atoms with Crippen molar-refractivity contribution >= 4 is 17.2 Å². The number of hydrogen-bond acceptors (Lipinski definition) is 3. The number of halogens is 3. The van der Waals surface area contributed by atoms with Crippen molar-refractivity contribution in [2.24, 2.45) is 5.92 Å². The fraction of sp³-hybridized carbons (Fsp3) is 0.474. The molecule has 0 bridgehead atoms. The summed E-state index contributed by atoms with van der Waals surface area (Å²) in [5, 5.41) is 5.79. The third kappa shape index (κ3) is 4.26. The highest BCUT2D eigenvalue weighted by Crippen LogP contribution is 2.48. The molecule has 7 heteroatoms. The minimum atomic E-state index is -4.36. The van der Waals surface area contributed by atoms with Crippen molar-refractivity contribution in [1.29, 1.82) is 0 Å². The van der Waals surface area contributed by atoms with Gasteiger partial charge in [-0.25, -0.2) is 4.98 Å². The van der Waals surface area contributed by atoms with Crippen LogP contribution in [0.3, 0.4) is 0 Å². The van der Waals surface area contributed by atoms with Crippen LogP contribution in [0.2, 0.25) is 0 Å². The van der Waals surface area contributed by atoms with Gasteiger partial charge in [-0.15, -0.1) is 11.3 Å². The Balaban J connectivity index is 1.57. The van der Waals surface area contributed by atoms with E-state index in [1.54, 1.807) is 17.4 Å². The molecule has 140 valence electrons. The molecule has 1 aliphatic carbocycles. The molecule has 3 rings (SSSR count). The molecule has 1 N–H and O–H groups in total. The van der Waals surface area contributed by atoms with Gasteiger partial charge in [-0.1, -0.05) is 39.0 Å². The van der Waals surface area contributed by atoms with Crippen LogP contribution < -0.4 is 5.32 Å². The summed E-state index contributed by atoms with van der Waals surface area (Å²) in [6.07, 6.45) is -3.78. The highest BCUT2D eigenvalue weighted by molar-refractivity contribution is 7.09. The Morgan fingerprint density at radius 3 is 2.65 bits per heavy atom. The Bertz CT molecular complexity index is 808. The highest BCUT2D eigenvalue weighted by Gasteiger charge is 2.44. The van der Waals surface area contributed by atoms with E-state index in [-0.39, 0.29) is 23.2 Å². The minimum absolute atomic E-state index is 0.0297. The number of nitrogens with zero attached hydrogens (tertiary/aromatic N) is 1. The van der Waals surface area contributed by atoms with Gasteiger partial charge in [0.25, 0.3) is 0 Å². The lowest BCUT2D eigenvalue weighted by atomic mass is 9.98. The van der Waals surface area contributed by atoms with Crippen LogP contribution in [-0.2, 0) is 22.9 Å². The fourth-order valence-electron chi connectivity index (χ4n) is 2.84. The van der Waals surface area contributed by atoms with E-state index in [1.807, 2.05) is 5.38 Å². The van der Waals surface area contributed by atoms with Gasteiger partial charge in [-0.05, 0) is 24.0 Å². The number of amides is 1. The van der Waals surface area contributed by atoms with E-state index in [2.05, 4.69) is 31.1 Å². The standard InChI is InChI=1S/C19H21F3N2OS/c1-18(2,3)17-24-13(10-26-17)9-23-16(25)15-8-14(15)11-5-4-6-12(7-11)19(20,21)22/h4-7,10,14-15H,8-9H2,1-3H3,(H,23,25). The first-order chi connectivity index (χ1) is 12.1. The largest absolute Gasteiger partial charge is 0.416 e. The van der Waals surface area contributed by atoms with E-state index in [0.29, 0.717) is 18.5 Å². The van der Waals surface area contributed by atoms with Gasteiger partial charge in [0.1, 0.15) is 0 Å². The lowest BCUT2D eigenvalue weighted by Crippen LogP contribution is -2.25. The molecule has 0 spiro atoms. The van der Waals surface area contributed by atoms with Crippen LogP contribution in [-0.4, -0.2) is 10.9 Å². The Morgan fingerprint density at radius 2 is 2.04 bits per heavy atom. The number of aromatic nitrogens is 1. The molecule has 1 aromatic heterocycles. The van der Waals surface area contributed by atoms with Gasteiger partial charge >= 0.3 is 6.18 Å². The molecule has 1 heterocycles. The first-order valence-corrected chi connectivity index (χ1v) is 9.33. The molecule has 2 atom stereocenters. The van der Waals surface area contributed by atoms with Crippen molar-refractivity contribution in [3.8, 4) is 0 Å². The van der Waals surface area contributed by atoms with Crippen LogP contribution >= 0.6 is 11.3 Å². The molecule has 2 aromatic rings. The highest BCUT2D eigenvalue weighted by atomic mass is 32.1. The van der Waals surface area contributed by atoms with Crippen molar-refractivity contribution in [3.63, 3.8) is 0 Å². The molecule has 3 nitrogen and oxygen atoms in total. The molecule has 1 amide bonds. The second-order valence-corrected chi connectivity index (χ2v) is 8.54. The number of carbonyl (C=O) groups is 1. The van der Waals surface area contributed by atoms with Crippen LogP contribution in [0, 0.1) is 5.92 Å². The zero-order chi connectivity index (χ0) is 19.1. The predicted molar refractivity (Wildman–Crippen MR) is 95.0 cm³/mol. The van der Waals surface area contributed by atoms with E-state index in [0.717, 1.165) is 22.8 Å². The Hall–Kier alpha value is -1.89. The lowest BCUT2D eigenvalue weighted by molar-refractivity contribution is -0.137. The van der Waals surface area contributed by atoms with Gasteiger partial charge < -0.3 is 5.32 Å². The van der Waals surface area contributed by atoms with Crippen molar-refractivity contribution in [2.45, 2.75) is 51.2 Å². The van der Waals surface area contributed by atoms with E-state index >= 15 is 0 Å². The van der Waals surface area contributed by atoms with Gasteiger partial charge in [-0.3, -0.25) is 4.79 Å².